The lowest BCUT2D eigenvalue weighted by Gasteiger charge is -2.09. The maximum Gasteiger partial charge on any atom is 0.573 e. The van der Waals surface area contributed by atoms with Crippen molar-refractivity contribution in [3.8, 4) is 5.75 Å². The van der Waals surface area contributed by atoms with Crippen molar-refractivity contribution in [3.05, 3.63) is 53.9 Å². The molecule has 1 N–H and O–H groups in total. The summed E-state index contributed by atoms with van der Waals surface area (Å²) in [5.74, 6) is -0.238. The Kier molecular flexibility index (Phi) is 4.04. The van der Waals surface area contributed by atoms with E-state index in [9.17, 15) is 18.3 Å². The molecule has 2 rings (SSSR count). The minimum atomic E-state index is -4.67. The van der Waals surface area contributed by atoms with E-state index >= 15 is 0 Å². The topological polar surface area (TPSA) is 34.4 Å². The molecule has 0 saturated heterocycles. The largest absolute Gasteiger partial charge is 0.573 e. The van der Waals surface area contributed by atoms with Gasteiger partial charge in [-0.3, -0.25) is 0 Å². The number of halogens is 3. The Morgan fingerprint density at radius 2 is 1.85 bits per heavy atom. The number of alkyl halides is 3. The highest BCUT2D eigenvalue weighted by atomic mass is 19.4. The van der Waals surface area contributed by atoms with Crippen LogP contribution in [-0.4, -0.2) is 16.0 Å². The van der Waals surface area contributed by atoms with Crippen molar-refractivity contribution < 1.29 is 23.0 Å². The monoisotopic (exact) mass is 285 g/mol. The van der Waals surface area contributed by atoms with Gasteiger partial charge in [-0.1, -0.05) is 12.1 Å². The molecule has 0 spiro atoms. The number of aromatic nitrogens is 1. The summed E-state index contributed by atoms with van der Waals surface area (Å²) in [6.45, 7) is 2.18. The second-order valence-corrected chi connectivity index (χ2v) is 4.48. The van der Waals surface area contributed by atoms with Crippen molar-refractivity contribution in [1.82, 2.24) is 4.57 Å². The van der Waals surface area contributed by atoms with Crippen molar-refractivity contribution in [1.29, 1.82) is 0 Å². The van der Waals surface area contributed by atoms with Gasteiger partial charge in [0.25, 0.3) is 0 Å². The zero-order chi connectivity index (χ0) is 14.8. The van der Waals surface area contributed by atoms with Crippen LogP contribution in [0, 0.1) is 0 Å². The SMILES string of the molecule is CC(O)c1ccn(Cc2ccc(OC(F)(F)F)cc2)c1. The van der Waals surface area contributed by atoms with Crippen LogP contribution in [0.3, 0.4) is 0 Å². The van der Waals surface area contributed by atoms with E-state index in [2.05, 4.69) is 4.74 Å². The number of aliphatic hydroxyl groups is 1. The first-order chi connectivity index (χ1) is 9.33. The smallest absolute Gasteiger partial charge is 0.406 e. The number of rotatable bonds is 4. The third-order valence-electron chi connectivity index (χ3n) is 2.78. The molecule has 0 aliphatic carbocycles. The van der Waals surface area contributed by atoms with Crippen molar-refractivity contribution in [2.75, 3.05) is 0 Å². The first-order valence-corrected chi connectivity index (χ1v) is 6.02. The summed E-state index contributed by atoms with van der Waals surface area (Å²) in [7, 11) is 0. The van der Waals surface area contributed by atoms with Crippen LogP contribution in [0.25, 0.3) is 0 Å². The van der Waals surface area contributed by atoms with Gasteiger partial charge in [-0.15, -0.1) is 13.2 Å². The Balaban J connectivity index is 2.03. The van der Waals surface area contributed by atoms with Gasteiger partial charge in [0.2, 0.25) is 0 Å². The second kappa shape index (κ2) is 5.58. The van der Waals surface area contributed by atoms with E-state index in [1.807, 2.05) is 10.8 Å². The molecule has 6 heteroatoms. The molecule has 1 heterocycles. The van der Waals surface area contributed by atoms with Crippen molar-refractivity contribution in [3.63, 3.8) is 0 Å². The van der Waals surface area contributed by atoms with E-state index < -0.39 is 12.5 Å². The number of nitrogens with zero attached hydrogens (tertiary/aromatic N) is 1. The van der Waals surface area contributed by atoms with Crippen LogP contribution in [-0.2, 0) is 6.54 Å². The molecule has 0 aliphatic heterocycles. The van der Waals surface area contributed by atoms with Crippen LogP contribution in [0.4, 0.5) is 13.2 Å². The third kappa shape index (κ3) is 4.03. The fourth-order valence-corrected chi connectivity index (χ4v) is 1.81. The predicted octanol–water partition coefficient (Wildman–Crippen LogP) is 3.49. The van der Waals surface area contributed by atoms with Gasteiger partial charge >= 0.3 is 6.36 Å². The predicted molar refractivity (Wildman–Crippen MR) is 67.3 cm³/mol. The molecule has 0 aliphatic rings. The molecule has 0 bridgehead atoms. The number of hydrogen-bond acceptors (Lipinski definition) is 2. The van der Waals surface area contributed by atoms with Gasteiger partial charge in [0.15, 0.2) is 0 Å². The first-order valence-electron chi connectivity index (χ1n) is 6.02. The molecule has 20 heavy (non-hydrogen) atoms. The van der Waals surface area contributed by atoms with Crippen LogP contribution >= 0.6 is 0 Å². The zero-order valence-corrected chi connectivity index (χ0v) is 10.8. The van der Waals surface area contributed by atoms with E-state index in [0.29, 0.717) is 6.54 Å². The normalized spacial score (nSPS) is 13.2. The Bertz CT molecular complexity index is 559. The standard InChI is InChI=1S/C14H14F3NO2/c1-10(19)12-6-7-18(9-12)8-11-2-4-13(5-3-11)20-14(15,16)17/h2-7,9-10,19H,8H2,1H3. The Labute approximate surface area is 114 Å². The molecular formula is C14H14F3NO2. The summed E-state index contributed by atoms with van der Waals surface area (Å²) in [5.41, 5.74) is 1.63. The highest BCUT2D eigenvalue weighted by molar-refractivity contribution is 5.28. The zero-order valence-electron chi connectivity index (χ0n) is 10.8. The van der Waals surface area contributed by atoms with Gasteiger partial charge in [-0.2, -0.15) is 0 Å². The van der Waals surface area contributed by atoms with Crippen molar-refractivity contribution in [2.24, 2.45) is 0 Å². The number of aliphatic hydroxyl groups excluding tert-OH is 1. The highest BCUT2D eigenvalue weighted by Gasteiger charge is 2.30. The Morgan fingerprint density at radius 1 is 1.20 bits per heavy atom. The Hall–Kier alpha value is -1.95. The number of ether oxygens (including phenoxy) is 1. The van der Waals surface area contributed by atoms with Crippen LogP contribution in [0.5, 0.6) is 5.75 Å². The van der Waals surface area contributed by atoms with Gasteiger partial charge in [-0.05, 0) is 36.2 Å². The number of hydrogen-bond donors (Lipinski definition) is 1. The quantitative estimate of drug-likeness (QED) is 0.933. The maximum absolute atomic E-state index is 12.0. The molecule has 0 fully saturated rings. The lowest BCUT2D eigenvalue weighted by Crippen LogP contribution is -2.17. The van der Waals surface area contributed by atoms with Crippen LogP contribution in [0.15, 0.2) is 42.7 Å². The highest BCUT2D eigenvalue weighted by Crippen LogP contribution is 2.23. The molecule has 3 nitrogen and oxygen atoms in total. The summed E-state index contributed by atoms with van der Waals surface area (Å²) in [6, 6.07) is 7.50. The van der Waals surface area contributed by atoms with Crippen molar-refractivity contribution >= 4 is 0 Å². The summed E-state index contributed by atoms with van der Waals surface area (Å²) in [6.07, 6.45) is -1.61. The van der Waals surface area contributed by atoms with Crippen LogP contribution in [0.2, 0.25) is 0 Å². The van der Waals surface area contributed by atoms with Gasteiger partial charge in [0.1, 0.15) is 5.75 Å². The molecule has 0 radical (unpaired) electrons. The maximum atomic E-state index is 12.0. The molecule has 2 aromatic rings. The Morgan fingerprint density at radius 3 is 2.35 bits per heavy atom. The average Bonchev–Trinajstić information content (AvgIpc) is 2.78. The van der Waals surface area contributed by atoms with Gasteiger partial charge in [-0.25, -0.2) is 0 Å². The minimum Gasteiger partial charge on any atom is -0.406 e. The molecule has 1 unspecified atom stereocenters. The van der Waals surface area contributed by atoms with E-state index in [1.165, 1.54) is 12.1 Å². The first kappa shape index (κ1) is 14.5. The summed E-state index contributed by atoms with van der Waals surface area (Å²) in [4.78, 5) is 0. The fourth-order valence-electron chi connectivity index (χ4n) is 1.81. The van der Waals surface area contributed by atoms with Gasteiger partial charge in [0.05, 0.1) is 6.10 Å². The third-order valence-corrected chi connectivity index (χ3v) is 2.78. The van der Waals surface area contributed by atoms with Crippen molar-refractivity contribution in [2.45, 2.75) is 25.9 Å². The van der Waals surface area contributed by atoms with E-state index in [-0.39, 0.29) is 5.75 Å². The van der Waals surface area contributed by atoms with E-state index in [4.69, 9.17) is 0 Å². The van der Waals surface area contributed by atoms with E-state index in [0.717, 1.165) is 11.1 Å². The molecule has 1 aromatic heterocycles. The molecular weight excluding hydrogens is 271 g/mol. The summed E-state index contributed by atoms with van der Waals surface area (Å²) >= 11 is 0. The summed E-state index contributed by atoms with van der Waals surface area (Å²) < 4.78 is 41.7. The molecule has 0 saturated carbocycles. The van der Waals surface area contributed by atoms with E-state index in [1.54, 1.807) is 31.3 Å². The van der Waals surface area contributed by atoms with Gasteiger partial charge in [0, 0.05) is 18.9 Å². The van der Waals surface area contributed by atoms with Crippen LogP contribution < -0.4 is 4.74 Å². The van der Waals surface area contributed by atoms with Gasteiger partial charge < -0.3 is 14.4 Å². The minimum absolute atomic E-state index is 0.238. The molecule has 1 aromatic carbocycles. The number of benzene rings is 1. The summed E-state index contributed by atoms with van der Waals surface area (Å²) in [5, 5.41) is 9.41. The average molecular weight is 285 g/mol. The second-order valence-electron chi connectivity index (χ2n) is 4.48. The van der Waals surface area contributed by atoms with Crippen LogP contribution in [0.1, 0.15) is 24.2 Å². The lowest BCUT2D eigenvalue weighted by atomic mass is 10.2. The lowest BCUT2D eigenvalue weighted by molar-refractivity contribution is -0.274. The fraction of sp³-hybridized carbons (Fsp3) is 0.286. The molecule has 108 valence electrons. The molecule has 0 amide bonds. The molecule has 1 atom stereocenters.